The number of para-hydroxylation sites is 1. The van der Waals surface area contributed by atoms with Gasteiger partial charge in [-0.2, -0.15) is 5.10 Å². The number of carbonyl (C=O) groups is 1. The highest BCUT2D eigenvalue weighted by atomic mass is 32.1. The summed E-state index contributed by atoms with van der Waals surface area (Å²) in [5.41, 5.74) is 3.13. The molecule has 2 aromatic carbocycles. The number of carbonyl (C=O) groups excluding carboxylic acids is 1. The van der Waals surface area contributed by atoms with Gasteiger partial charge in [0.05, 0.1) is 35.5 Å². The summed E-state index contributed by atoms with van der Waals surface area (Å²) in [5.74, 6) is -0.0422. The van der Waals surface area contributed by atoms with Gasteiger partial charge in [-0.1, -0.05) is 48.5 Å². The molecule has 1 aliphatic rings. The molecule has 1 saturated heterocycles. The summed E-state index contributed by atoms with van der Waals surface area (Å²) in [6.07, 6.45) is 0. The first kappa shape index (κ1) is 20.9. The summed E-state index contributed by atoms with van der Waals surface area (Å²) in [5, 5.41) is 8.88. The SMILES string of the molecule is Cc1nn(-c2ccccc2)c2sc(C(=O)NCC(c3ccccc3)N3CCOCC3)cc12. The van der Waals surface area contributed by atoms with Gasteiger partial charge in [0.25, 0.3) is 5.91 Å². The van der Waals surface area contributed by atoms with Crippen LogP contribution in [0.3, 0.4) is 0 Å². The van der Waals surface area contributed by atoms with E-state index in [0.29, 0.717) is 11.4 Å². The molecule has 0 bridgehead atoms. The van der Waals surface area contributed by atoms with E-state index in [9.17, 15) is 4.79 Å². The van der Waals surface area contributed by atoms with Gasteiger partial charge in [-0.3, -0.25) is 9.69 Å². The second kappa shape index (κ2) is 9.24. The van der Waals surface area contributed by atoms with Crippen molar-refractivity contribution in [3.8, 4) is 5.69 Å². The highest BCUT2D eigenvalue weighted by molar-refractivity contribution is 7.20. The number of aromatic nitrogens is 2. The lowest BCUT2D eigenvalue weighted by Crippen LogP contribution is -2.43. The van der Waals surface area contributed by atoms with Crippen LogP contribution in [0.4, 0.5) is 0 Å². The summed E-state index contributed by atoms with van der Waals surface area (Å²) < 4.78 is 7.45. The Morgan fingerprint density at radius 2 is 1.78 bits per heavy atom. The fourth-order valence-corrected chi connectivity index (χ4v) is 5.30. The number of nitrogens with one attached hydrogen (secondary N) is 1. The van der Waals surface area contributed by atoms with Crippen LogP contribution in [0.25, 0.3) is 15.9 Å². The van der Waals surface area contributed by atoms with Crippen molar-refractivity contribution in [3.63, 3.8) is 0 Å². The predicted molar refractivity (Wildman–Crippen MR) is 128 cm³/mol. The molecule has 4 aromatic rings. The van der Waals surface area contributed by atoms with Crippen LogP contribution in [0.1, 0.15) is 27.0 Å². The van der Waals surface area contributed by atoms with Crippen LogP contribution in [0.15, 0.2) is 66.7 Å². The van der Waals surface area contributed by atoms with Crippen molar-refractivity contribution in [1.82, 2.24) is 20.0 Å². The Labute approximate surface area is 191 Å². The average Bonchev–Trinajstić information content (AvgIpc) is 3.42. The van der Waals surface area contributed by atoms with E-state index in [1.54, 1.807) is 0 Å². The fourth-order valence-electron chi connectivity index (χ4n) is 4.20. The van der Waals surface area contributed by atoms with Gasteiger partial charge in [0.2, 0.25) is 0 Å². The van der Waals surface area contributed by atoms with Crippen molar-refractivity contribution in [2.45, 2.75) is 13.0 Å². The van der Waals surface area contributed by atoms with Crippen molar-refractivity contribution >= 4 is 27.5 Å². The Morgan fingerprint density at radius 1 is 1.09 bits per heavy atom. The molecule has 1 N–H and O–H groups in total. The normalized spacial score (nSPS) is 15.7. The monoisotopic (exact) mass is 446 g/mol. The molecule has 164 valence electrons. The summed E-state index contributed by atoms with van der Waals surface area (Å²) >= 11 is 1.49. The van der Waals surface area contributed by atoms with Crippen LogP contribution in [0.5, 0.6) is 0 Å². The zero-order valence-corrected chi connectivity index (χ0v) is 18.8. The molecule has 3 heterocycles. The first-order chi connectivity index (χ1) is 15.7. The smallest absolute Gasteiger partial charge is 0.261 e. The summed E-state index contributed by atoms with van der Waals surface area (Å²) in [7, 11) is 0. The van der Waals surface area contributed by atoms with Gasteiger partial charge in [0.15, 0.2) is 0 Å². The molecule has 1 atom stereocenters. The molecule has 1 unspecified atom stereocenters. The number of aryl methyl sites for hydroxylation is 1. The number of ether oxygens (including phenoxy) is 1. The molecule has 0 spiro atoms. The van der Waals surface area contributed by atoms with Gasteiger partial charge in [-0.25, -0.2) is 4.68 Å². The van der Waals surface area contributed by atoms with E-state index in [2.05, 4.69) is 39.6 Å². The number of rotatable bonds is 6. The number of hydrogen-bond donors (Lipinski definition) is 1. The van der Waals surface area contributed by atoms with Crippen LogP contribution in [0.2, 0.25) is 0 Å². The molecule has 1 aliphatic heterocycles. The van der Waals surface area contributed by atoms with Crippen molar-refractivity contribution in [2.24, 2.45) is 0 Å². The van der Waals surface area contributed by atoms with Crippen molar-refractivity contribution in [2.75, 3.05) is 32.8 Å². The maximum Gasteiger partial charge on any atom is 0.261 e. The van der Waals surface area contributed by atoms with Crippen LogP contribution in [-0.2, 0) is 4.74 Å². The molecule has 1 fully saturated rings. The Balaban J connectivity index is 1.37. The van der Waals surface area contributed by atoms with E-state index in [4.69, 9.17) is 4.74 Å². The molecule has 0 saturated carbocycles. The lowest BCUT2D eigenvalue weighted by molar-refractivity contribution is 0.0162. The quantitative estimate of drug-likeness (QED) is 0.482. The van der Waals surface area contributed by atoms with Crippen LogP contribution in [-0.4, -0.2) is 53.4 Å². The Hall–Kier alpha value is -3.00. The van der Waals surface area contributed by atoms with Crippen LogP contribution >= 0.6 is 11.3 Å². The molecule has 32 heavy (non-hydrogen) atoms. The molecule has 5 rings (SSSR count). The number of thiophene rings is 1. The third-order valence-corrected chi connectivity index (χ3v) is 7.01. The number of benzene rings is 2. The van der Waals surface area contributed by atoms with Gasteiger partial charge in [0, 0.05) is 25.0 Å². The number of nitrogens with zero attached hydrogens (tertiary/aromatic N) is 3. The first-order valence-electron chi connectivity index (χ1n) is 10.9. The zero-order chi connectivity index (χ0) is 21.9. The van der Waals surface area contributed by atoms with Crippen molar-refractivity contribution in [3.05, 3.63) is 82.9 Å². The number of fused-ring (bicyclic) bond motifs is 1. The Kier molecular flexibility index (Phi) is 6.03. The third kappa shape index (κ3) is 4.19. The van der Waals surface area contributed by atoms with E-state index in [0.717, 1.165) is 47.9 Å². The predicted octanol–water partition coefficient (Wildman–Crippen LogP) is 4.20. The maximum absolute atomic E-state index is 13.1. The molecular weight excluding hydrogens is 420 g/mol. The van der Waals surface area contributed by atoms with Crippen LogP contribution in [0, 0.1) is 6.92 Å². The van der Waals surface area contributed by atoms with Gasteiger partial charge in [-0.05, 0) is 30.7 Å². The summed E-state index contributed by atoms with van der Waals surface area (Å²) in [4.78, 5) is 17.2. The number of amides is 1. The van der Waals surface area contributed by atoms with Crippen LogP contribution < -0.4 is 5.32 Å². The topological polar surface area (TPSA) is 59.4 Å². The zero-order valence-electron chi connectivity index (χ0n) is 18.0. The lowest BCUT2D eigenvalue weighted by atomic mass is 10.0. The highest BCUT2D eigenvalue weighted by Gasteiger charge is 2.24. The molecule has 2 aromatic heterocycles. The highest BCUT2D eigenvalue weighted by Crippen LogP contribution is 2.30. The first-order valence-corrected chi connectivity index (χ1v) is 11.7. The minimum atomic E-state index is -0.0422. The Bertz CT molecular complexity index is 1200. The number of morpholine rings is 1. The fraction of sp³-hybridized carbons (Fsp3) is 0.280. The average molecular weight is 447 g/mol. The van der Waals surface area contributed by atoms with Gasteiger partial charge >= 0.3 is 0 Å². The van der Waals surface area contributed by atoms with E-state index in [1.807, 2.05) is 54.1 Å². The lowest BCUT2D eigenvalue weighted by Gasteiger charge is -2.34. The van der Waals surface area contributed by atoms with Crippen molar-refractivity contribution in [1.29, 1.82) is 0 Å². The van der Waals surface area contributed by atoms with E-state index >= 15 is 0 Å². The number of hydrogen-bond acceptors (Lipinski definition) is 5. The van der Waals surface area contributed by atoms with Gasteiger partial charge < -0.3 is 10.1 Å². The molecule has 1 amide bonds. The third-order valence-electron chi connectivity index (χ3n) is 5.90. The van der Waals surface area contributed by atoms with E-state index in [1.165, 1.54) is 16.9 Å². The Morgan fingerprint density at radius 3 is 2.50 bits per heavy atom. The molecule has 7 heteroatoms. The van der Waals surface area contributed by atoms with Crippen molar-refractivity contribution < 1.29 is 9.53 Å². The second-order valence-electron chi connectivity index (χ2n) is 7.95. The van der Waals surface area contributed by atoms with E-state index < -0.39 is 0 Å². The minimum Gasteiger partial charge on any atom is -0.379 e. The van der Waals surface area contributed by atoms with Gasteiger partial charge in [-0.15, -0.1) is 11.3 Å². The summed E-state index contributed by atoms with van der Waals surface area (Å²) in [6.45, 7) is 5.72. The molecule has 0 aliphatic carbocycles. The second-order valence-corrected chi connectivity index (χ2v) is 8.98. The van der Waals surface area contributed by atoms with Gasteiger partial charge in [0.1, 0.15) is 4.83 Å². The summed E-state index contributed by atoms with van der Waals surface area (Å²) in [6, 6.07) is 22.5. The standard InChI is InChI=1S/C25H26N4O2S/c1-18-21-16-23(32-25(21)29(27-18)20-10-6-3-7-11-20)24(30)26-17-22(19-8-4-2-5-9-19)28-12-14-31-15-13-28/h2-11,16,22H,12-15,17H2,1H3,(H,26,30). The minimum absolute atomic E-state index is 0.0422. The van der Waals surface area contributed by atoms with E-state index in [-0.39, 0.29) is 11.9 Å². The maximum atomic E-state index is 13.1. The largest absolute Gasteiger partial charge is 0.379 e. The molecular formula is C25H26N4O2S. The molecule has 0 radical (unpaired) electrons. The molecule has 6 nitrogen and oxygen atoms in total.